The fourth-order valence-electron chi connectivity index (χ4n) is 5.63. The van der Waals surface area contributed by atoms with Crippen molar-refractivity contribution in [3.8, 4) is 11.8 Å². The molecule has 0 bridgehead atoms. The molecule has 0 aliphatic carbocycles. The number of methoxy groups -OCH3 is 1. The maximum atomic E-state index is 13.8. The van der Waals surface area contributed by atoms with E-state index in [2.05, 4.69) is 21.7 Å². The number of H-pyrrole nitrogens is 1. The third-order valence-electron chi connectivity index (χ3n) is 7.55. The summed E-state index contributed by atoms with van der Waals surface area (Å²) in [5.74, 6) is -0.293. The van der Waals surface area contributed by atoms with Gasteiger partial charge in [-0.25, -0.2) is 0 Å². The summed E-state index contributed by atoms with van der Waals surface area (Å²) in [4.78, 5) is 44.0. The molecular weight excluding hydrogens is 482 g/mol. The first-order valence-corrected chi connectivity index (χ1v) is 12.9. The van der Waals surface area contributed by atoms with Crippen molar-refractivity contribution < 1.29 is 19.1 Å². The van der Waals surface area contributed by atoms with Gasteiger partial charge in [-0.1, -0.05) is 36.4 Å². The predicted octanol–water partition coefficient (Wildman–Crippen LogP) is 2.78. The van der Waals surface area contributed by atoms with Crippen molar-refractivity contribution in [2.24, 2.45) is 11.8 Å². The van der Waals surface area contributed by atoms with Gasteiger partial charge in [-0.05, 0) is 55.4 Å². The Morgan fingerprint density at radius 2 is 2.03 bits per heavy atom. The first-order chi connectivity index (χ1) is 18.5. The minimum atomic E-state index is -0.807. The van der Waals surface area contributed by atoms with Gasteiger partial charge >= 0.3 is 0 Å². The highest BCUT2D eigenvalue weighted by Gasteiger charge is 2.41. The van der Waals surface area contributed by atoms with Crippen molar-refractivity contribution in [1.82, 2.24) is 20.5 Å². The van der Waals surface area contributed by atoms with Crippen molar-refractivity contribution in [1.29, 1.82) is 5.26 Å². The summed E-state index contributed by atoms with van der Waals surface area (Å²) in [6.45, 7) is 0.998. The van der Waals surface area contributed by atoms with E-state index in [0.717, 1.165) is 22.9 Å². The fraction of sp³-hybridized carbons (Fsp3) is 0.379. The molecule has 2 aromatic carbocycles. The number of hydrogen-bond acceptors (Lipinski definition) is 5. The molecule has 3 aromatic rings. The van der Waals surface area contributed by atoms with E-state index in [-0.39, 0.29) is 36.0 Å². The van der Waals surface area contributed by atoms with Crippen LogP contribution in [0.3, 0.4) is 0 Å². The number of nitriles is 1. The summed E-state index contributed by atoms with van der Waals surface area (Å²) < 4.78 is 5.44. The Kier molecular flexibility index (Phi) is 7.31. The van der Waals surface area contributed by atoms with E-state index in [4.69, 9.17) is 4.74 Å². The molecule has 3 amide bonds. The van der Waals surface area contributed by atoms with Gasteiger partial charge in [0.05, 0.1) is 13.2 Å². The van der Waals surface area contributed by atoms with Crippen LogP contribution in [0.4, 0.5) is 0 Å². The number of nitrogens with zero attached hydrogens (tertiary/aromatic N) is 2. The van der Waals surface area contributed by atoms with Crippen LogP contribution < -0.4 is 15.4 Å². The fourth-order valence-corrected chi connectivity index (χ4v) is 5.63. The molecule has 4 atom stereocenters. The highest BCUT2D eigenvalue weighted by Crippen LogP contribution is 2.31. The van der Waals surface area contributed by atoms with Crippen LogP contribution in [0.5, 0.6) is 5.75 Å². The van der Waals surface area contributed by atoms with Gasteiger partial charge in [0.25, 0.3) is 5.91 Å². The molecule has 9 nitrogen and oxygen atoms in total. The number of benzene rings is 2. The maximum Gasteiger partial charge on any atom is 0.270 e. The number of carbonyl (C=O) groups excluding carboxylic acids is 3. The van der Waals surface area contributed by atoms with Crippen LogP contribution in [0.1, 0.15) is 35.3 Å². The third kappa shape index (κ3) is 5.21. The Bertz CT molecular complexity index is 1380. The first kappa shape index (κ1) is 25.3. The summed E-state index contributed by atoms with van der Waals surface area (Å²) in [7, 11) is 1.58. The highest BCUT2D eigenvalue weighted by molar-refractivity contribution is 6.01. The minimum Gasteiger partial charge on any atom is -0.496 e. The van der Waals surface area contributed by atoms with E-state index in [1.165, 1.54) is 0 Å². The number of aromatic amines is 1. The molecule has 5 rings (SSSR count). The Hall–Kier alpha value is -4.32. The number of carbonyl (C=O) groups is 3. The number of aromatic nitrogens is 1. The van der Waals surface area contributed by atoms with E-state index in [1.54, 1.807) is 18.1 Å². The summed E-state index contributed by atoms with van der Waals surface area (Å²) in [5, 5.41) is 16.1. The van der Waals surface area contributed by atoms with Gasteiger partial charge in [-0.15, -0.1) is 0 Å². The topological polar surface area (TPSA) is 127 Å². The van der Waals surface area contributed by atoms with Crippen LogP contribution in [-0.4, -0.2) is 59.9 Å². The van der Waals surface area contributed by atoms with Gasteiger partial charge in [0, 0.05) is 29.9 Å². The van der Waals surface area contributed by atoms with E-state index < -0.39 is 12.1 Å². The Labute approximate surface area is 221 Å². The van der Waals surface area contributed by atoms with Gasteiger partial charge in [-0.3, -0.25) is 14.4 Å². The van der Waals surface area contributed by atoms with Crippen LogP contribution in [0.25, 0.3) is 10.9 Å². The van der Waals surface area contributed by atoms with Gasteiger partial charge in [0.15, 0.2) is 0 Å². The number of fused-ring (bicyclic) bond motifs is 1. The van der Waals surface area contributed by atoms with E-state index in [9.17, 15) is 19.6 Å². The zero-order valence-electron chi connectivity index (χ0n) is 21.3. The predicted molar refractivity (Wildman–Crippen MR) is 141 cm³/mol. The number of rotatable bonds is 8. The quantitative estimate of drug-likeness (QED) is 0.427. The number of amides is 3. The smallest absolute Gasteiger partial charge is 0.270 e. The zero-order valence-corrected chi connectivity index (χ0v) is 21.3. The lowest BCUT2D eigenvalue weighted by Gasteiger charge is -2.25. The largest absolute Gasteiger partial charge is 0.496 e. The van der Waals surface area contributed by atoms with Gasteiger partial charge in [-0.2, -0.15) is 5.26 Å². The molecule has 2 aliphatic heterocycles. The average Bonchev–Trinajstić information content (AvgIpc) is 3.66. The monoisotopic (exact) mass is 513 g/mol. The van der Waals surface area contributed by atoms with Gasteiger partial charge < -0.3 is 25.3 Å². The second-order valence-corrected chi connectivity index (χ2v) is 10.1. The lowest BCUT2D eigenvalue weighted by Crippen LogP contribution is -2.49. The molecule has 0 radical (unpaired) electrons. The Balaban J connectivity index is 1.37. The van der Waals surface area contributed by atoms with Gasteiger partial charge in [0.1, 0.15) is 23.5 Å². The lowest BCUT2D eigenvalue weighted by molar-refractivity contribution is -0.126. The minimum absolute atomic E-state index is 0.0807. The SMILES string of the molecule is COc1cccc2[nH]c(C(=O)N3C[C@H](Cc4ccccc4)C[C@H]3C(=O)N[C@H](C#N)CC3CCNC3=O)cc12. The molecule has 9 heteroatoms. The van der Waals surface area contributed by atoms with Crippen molar-refractivity contribution in [2.75, 3.05) is 20.2 Å². The summed E-state index contributed by atoms with van der Waals surface area (Å²) >= 11 is 0. The third-order valence-corrected chi connectivity index (χ3v) is 7.55. The molecular formula is C29H31N5O4. The molecule has 38 heavy (non-hydrogen) atoms. The first-order valence-electron chi connectivity index (χ1n) is 12.9. The van der Waals surface area contributed by atoms with E-state index in [0.29, 0.717) is 37.4 Å². The van der Waals surface area contributed by atoms with Gasteiger partial charge in [0.2, 0.25) is 11.8 Å². The molecule has 2 fully saturated rings. The van der Waals surface area contributed by atoms with Crippen LogP contribution in [0.15, 0.2) is 54.6 Å². The average molecular weight is 514 g/mol. The number of hydrogen-bond donors (Lipinski definition) is 3. The van der Waals surface area contributed by atoms with E-state index >= 15 is 0 Å². The summed E-state index contributed by atoms with van der Waals surface area (Å²) in [6, 6.07) is 17.9. The van der Waals surface area contributed by atoms with Crippen LogP contribution in [0.2, 0.25) is 0 Å². The summed E-state index contributed by atoms with van der Waals surface area (Å²) in [5.41, 5.74) is 2.29. The molecule has 3 heterocycles. The standard InChI is InChI=1S/C29H31N5O4/c1-38-26-9-5-8-23-22(26)15-24(33-23)29(37)34-17-19(12-18-6-3-2-4-7-18)13-25(34)28(36)32-21(16-30)14-20-10-11-31-27(20)35/h2-9,15,19-21,25,33H,10-14,17H2,1H3,(H,31,35)(H,32,36)/t19-,20?,21+,25+/m1/s1. The summed E-state index contributed by atoms with van der Waals surface area (Å²) in [6.07, 6.45) is 2.12. The second kappa shape index (κ2) is 11.0. The van der Waals surface area contributed by atoms with Crippen LogP contribution in [-0.2, 0) is 16.0 Å². The van der Waals surface area contributed by atoms with Crippen LogP contribution in [0, 0.1) is 23.2 Å². The van der Waals surface area contributed by atoms with E-state index in [1.807, 2.05) is 48.5 Å². The lowest BCUT2D eigenvalue weighted by atomic mass is 9.96. The number of likely N-dealkylation sites (tertiary alicyclic amines) is 1. The molecule has 0 saturated carbocycles. The zero-order chi connectivity index (χ0) is 26.6. The Morgan fingerprint density at radius 3 is 2.74 bits per heavy atom. The van der Waals surface area contributed by atoms with Crippen molar-refractivity contribution >= 4 is 28.6 Å². The maximum absolute atomic E-state index is 13.8. The molecule has 2 saturated heterocycles. The molecule has 3 N–H and O–H groups in total. The normalized spacial score (nSPS) is 21.6. The van der Waals surface area contributed by atoms with Crippen LogP contribution >= 0.6 is 0 Å². The number of nitrogens with one attached hydrogen (secondary N) is 3. The molecule has 1 unspecified atom stereocenters. The molecule has 1 aromatic heterocycles. The number of ether oxygens (including phenoxy) is 1. The highest BCUT2D eigenvalue weighted by atomic mass is 16.5. The molecule has 2 aliphatic rings. The second-order valence-electron chi connectivity index (χ2n) is 10.1. The Morgan fingerprint density at radius 1 is 1.21 bits per heavy atom. The van der Waals surface area contributed by atoms with Crippen molar-refractivity contribution in [2.45, 2.75) is 37.8 Å². The van der Waals surface area contributed by atoms with Crippen molar-refractivity contribution in [3.05, 3.63) is 65.9 Å². The molecule has 196 valence electrons. The molecule has 0 spiro atoms. The van der Waals surface area contributed by atoms with Crippen molar-refractivity contribution in [3.63, 3.8) is 0 Å².